The van der Waals surface area contributed by atoms with E-state index in [1.54, 1.807) is 6.07 Å². The second-order valence-electron chi connectivity index (χ2n) is 3.88. The highest BCUT2D eigenvalue weighted by atomic mass is 16.3. The molecule has 0 spiro atoms. The first kappa shape index (κ1) is 9.28. The number of hydrogen-bond acceptors (Lipinski definition) is 2. The number of nitrogens with two attached hydrogens (primary N) is 1. The van der Waals surface area contributed by atoms with E-state index in [0.717, 1.165) is 12.0 Å². The van der Waals surface area contributed by atoms with Crippen molar-refractivity contribution in [1.29, 1.82) is 0 Å². The highest BCUT2D eigenvalue weighted by molar-refractivity contribution is 5.69. The minimum Gasteiger partial charge on any atom is -0.507 e. The summed E-state index contributed by atoms with van der Waals surface area (Å²) in [6.07, 6.45) is 3.00. The maximum absolute atomic E-state index is 9.63. The predicted molar refractivity (Wildman–Crippen MR) is 58.0 cm³/mol. The molecule has 1 aliphatic rings. The topological polar surface area (TPSA) is 46.2 Å². The van der Waals surface area contributed by atoms with E-state index in [1.165, 1.54) is 11.1 Å². The number of aromatic hydroxyl groups is 1. The molecule has 0 fully saturated rings. The summed E-state index contributed by atoms with van der Waals surface area (Å²) in [5, 5.41) is 9.63. The van der Waals surface area contributed by atoms with Gasteiger partial charge >= 0.3 is 0 Å². The molecular formula is C12H15NO. The number of benzene rings is 1. The van der Waals surface area contributed by atoms with E-state index in [1.807, 2.05) is 6.07 Å². The third-order valence-corrected chi connectivity index (χ3v) is 2.88. The van der Waals surface area contributed by atoms with Crippen molar-refractivity contribution in [3.8, 4) is 5.75 Å². The Morgan fingerprint density at radius 3 is 2.93 bits per heavy atom. The van der Waals surface area contributed by atoms with Gasteiger partial charge in [0.15, 0.2) is 0 Å². The van der Waals surface area contributed by atoms with E-state index in [-0.39, 0.29) is 0 Å². The van der Waals surface area contributed by atoms with Gasteiger partial charge in [0.1, 0.15) is 5.75 Å². The first-order chi connectivity index (χ1) is 6.72. The first-order valence-electron chi connectivity index (χ1n) is 4.93. The van der Waals surface area contributed by atoms with Crippen molar-refractivity contribution >= 4 is 6.08 Å². The molecule has 0 bridgehead atoms. The standard InChI is InChI=1S/C12H15NO/c1-8(7-13)10-5-9-3-2-4-12(14)11(9)6-10/h2-4,6,8,14H,5,7,13H2,1H3. The average molecular weight is 189 g/mol. The van der Waals surface area contributed by atoms with Crippen LogP contribution in [-0.4, -0.2) is 11.7 Å². The van der Waals surface area contributed by atoms with Crippen molar-refractivity contribution in [3.05, 3.63) is 34.9 Å². The van der Waals surface area contributed by atoms with E-state index in [9.17, 15) is 5.11 Å². The first-order valence-corrected chi connectivity index (χ1v) is 4.93. The fourth-order valence-corrected chi connectivity index (χ4v) is 1.84. The monoisotopic (exact) mass is 189 g/mol. The molecule has 0 saturated carbocycles. The molecule has 0 radical (unpaired) electrons. The molecule has 0 aliphatic heterocycles. The fourth-order valence-electron chi connectivity index (χ4n) is 1.84. The summed E-state index contributed by atoms with van der Waals surface area (Å²) in [6, 6.07) is 5.67. The Kier molecular flexibility index (Phi) is 2.30. The molecule has 0 heterocycles. The Bertz CT molecular complexity index is 382. The van der Waals surface area contributed by atoms with Crippen LogP contribution in [0.5, 0.6) is 5.75 Å². The van der Waals surface area contributed by atoms with Gasteiger partial charge in [-0.15, -0.1) is 0 Å². The van der Waals surface area contributed by atoms with Gasteiger partial charge in [0.05, 0.1) is 0 Å². The summed E-state index contributed by atoms with van der Waals surface area (Å²) in [5.41, 5.74) is 9.13. The van der Waals surface area contributed by atoms with E-state index in [2.05, 4.69) is 19.1 Å². The molecular weight excluding hydrogens is 174 g/mol. The van der Waals surface area contributed by atoms with Gasteiger partial charge in [0.2, 0.25) is 0 Å². The third-order valence-electron chi connectivity index (χ3n) is 2.88. The molecule has 0 aromatic heterocycles. The summed E-state index contributed by atoms with van der Waals surface area (Å²) in [7, 11) is 0. The molecule has 1 unspecified atom stereocenters. The lowest BCUT2D eigenvalue weighted by atomic mass is 10.00. The van der Waals surface area contributed by atoms with Gasteiger partial charge in [0, 0.05) is 5.56 Å². The van der Waals surface area contributed by atoms with Crippen molar-refractivity contribution in [2.75, 3.05) is 6.54 Å². The summed E-state index contributed by atoms with van der Waals surface area (Å²) in [4.78, 5) is 0. The largest absolute Gasteiger partial charge is 0.507 e. The van der Waals surface area contributed by atoms with E-state index < -0.39 is 0 Å². The van der Waals surface area contributed by atoms with Crippen LogP contribution in [0, 0.1) is 5.92 Å². The van der Waals surface area contributed by atoms with Crippen LogP contribution in [0.25, 0.3) is 6.08 Å². The van der Waals surface area contributed by atoms with Gasteiger partial charge in [-0.05, 0) is 30.5 Å². The molecule has 2 rings (SSSR count). The number of hydrogen-bond donors (Lipinski definition) is 2. The summed E-state index contributed by atoms with van der Waals surface area (Å²) in [5.74, 6) is 0.781. The highest BCUT2D eigenvalue weighted by Gasteiger charge is 2.18. The van der Waals surface area contributed by atoms with Crippen LogP contribution in [0.4, 0.5) is 0 Å². The molecule has 0 saturated heterocycles. The number of fused-ring (bicyclic) bond motifs is 1. The van der Waals surface area contributed by atoms with E-state index >= 15 is 0 Å². The van der Waals surface area contributed by atoms with E-state index in [0.29, 0.717) is 18.2 Å². The van der Waals surface area contributed by atoms with Crippen molar-refractivity contribution in [2.24, 2.45) is 11.7 Å². The zero-order chi connectivity index (χ0) is 10.1. The Balaban J connectivity index is 2.34. The van der Waals surface area contributed by atoms with Gasteiger partial charge < -0.3 is 10.8 Å². The number of phenols is 1. The molecule has 0 amide bonds. The quantitative estimate of drug-likeness (QED) is 0.746. The van der Waals surface area contributed by atoms with Crippen molar-refractivity contribution in [2.45, 2.75) is 13.3 Å². The van der Waals surface area contributed by atoms with Gasteiger partial charge in [-0.2, -0.15) is 0 Å². The molecule has 1 aromatic rings. The maximum Gasteiger partial charge on any atom is 0.123 e. The average Bonchev–Trinajstić information content (AvgIpc) is 2.62. The molecule has 3 N–H and O–H groups in total. The molecule has 1 atom stereocenters. The summed E-state index contributed by atoms with van der Waals surface area (Å²) >= 11 is 0. The third kappa shape index (κ3) is 1.42. The van der Waals surface area contributed by atoms with Crippen LogP contribution < -0.4 is 5.73 Å². The normalized spacial score (nSPS) is 16.3. The predicted octanol–water partition coefficient (Wildman–Crippen LogP) is 1.93. The Hall–Kier alpha value is -1.28. The van der Waals surface area contributed by atoms with Crippen molar-refractivity contribution < 1.29 is 5.11 Å². The lowest BCUT2D eigenvalue weighted by Gasteiger charge is -2.08. The van der Waals surface area contributed by atoms with Gasteiger partial charge in [-0.1, -0.05) is 30.7 Å². The fraction of sp³-hybridized carbons (Fsp3) is 0.333. The molecule has 74 valence electrons. The summed E-state index contributed by atoms with van der Waals surface area (Å²) in [6.45, 7) is 2.79. The Morgan fingerprint density at radius 1 is 1.50 bits per heavy atom. The molecule has 2 heteroatoms. The number of rotatable bonds is 2. The van der Waals surface area contributed by atoms with E-state index in [4.69, 9.17) is 5.73 Å². The smallest absolute Gasteiger partial charge is 0.123 e. The highest BCUT2D eigenvalue weighted by Crippen LogP contribution is 2.34. The van der Waals surface area contributed by atoms with Crippen LogP contribution >= 0.6 is 0 Å². The van der Waals surface area contributed by atoms with Gasteiger partial charge in [0.25, 0.3) is 0 Å². The zero-order valence-electron chi connectivity index (χ0n) is 8.33. The lowest BCUT2D eigenvalue weighted by Crippen LogP contribution is -2.12. The minimum atomic E-state index is 0.377. The van der Waals surface area contributed by atoms with Crippen molar-refractivity contribution in [1.82, 2.24) is 0 Å². The van der Waals surface area contributed by atoms with Crippen LogP contribution in [0.2, 0.25) is 0 Å². The summed E-state index contributed by atoms with van der Waals surface area (Å²) < 4.78 is 0. The number of phenolic OH excluding ortho intramolecular Hbond substituents is 1. The van der Waals surface area contributed by atoms with Crippen LogP contribution in [0.3, 0.4) is 0 Å². The van der Waals surface area contributed by atoms with Gasteiger partial charge in [-0.25, -0.2) is 0 Å². The maximum atomic E-state index is 9.63. The molecule has 2 nitrogen and oxygen atoms in total. The Labute approximate surface area is 84.1 Å². The molecule has 1 aromatic carbocycles. The molecule has 14 heavy (non-hydrogen) atoms. The van der Waals surface area contributed by atoms with Crippen molar-refractivity contribution in [3.63, 3.8) is 0 Å². The van der Waals surface area contributed by atoms with Crippen LogP contribution in [-0.2, 0) is 6.42 Å². The molecule has 1 aliphatic carbocycles. The lowest BCUT2D eigenvalue weighted by molar-refractivity contribution is 0.473. The second-order valence-corrected chi connectivity index (χ2v) is 3.88. The minimum absolute atomic E-state index is 0.377. The van der Waals surface area contributed by atoms with Crippen LogP contribution in [0.1, 0.15) is 18.1 Å². The van der Waals surface area contributed by atoms with Gasteiger partial charge in [-0.3, -0.25) is 0 Å². The second kappa shape index (κ2) is 3.46. The Morgan fingerprint density at radius 2 is 2.29 bits per heavy atom. The van der Waals surface area contributed by atoms with Crippen LogP contribution in [0.15, 0.2) is 23.8 Å². The SMILES string of the molecule is CC(CN)C1=Cc2c(O)cccc2C1. The zero-order valence-corrected chi connectivity index (χ0v) is 8.33.